The van der Waals surface area contributed by atoms with Crippen LogP contribution in [0.3, 0.4) is 0 Å². The summed E-state index contributed by atoms with van der Waals surface area (Å²) in [6.07, 6.45) is 2.00. The summed E-state index contributed by atoms with van der Waals surface area (Å²) >= 11 is 0. The monoisotopic (exact) mass is 341 g/mol. The minimum absolute atomic E-state index is 0.120. The zero-order valence-corrected chi connectivity index (χ0v) is 14.7. The Labute approximate surface area is 137 Å². The van der Waals surface area contributed by atoms with Crippen LogP contribution in [0.25, 0.3) is 0 Å². The van der Waals surface area contributed by atoms with Crippen molar-refractivity contribution in [3.05, 3.63) is 23.3 Å². The molecular formula is C16H23NO5S. The Bertz CT molecular complexity index is 699. The second-order valence-electron chi connectivity index (χ2n) is 5.82. The van der Waals surface area contributed by atoms with Gasteiger partial charge in [-0.3, -0.25) is 4.79 Å². The Hall–Kier alpha value is -1.76. The zero-order valence-electron chi connectivity index (χ0n) is 13.9. The molecule has 0 fully saturated rings. The van der Waals surface area contributed by atoms with Gasteiger partial charge < -0.3 is 14.8 Å². The smallest absolute Gasteiger partial charge is 0.238 e. The number of benzene rings is 1. The highest BCUT2D eigenvalue weighted by molar-refractivity contribution is 7.92. The number of ether oxygens (including phenoxy) is 2. The average molecular weight is 341 g/mol. The normalized spacial score (nSPS) is 18.0. The molecule has 2 atom stereocenters. The molecule has 0 aromatic heterocycles. The summed E-state index contributed by atoms with van der Waals surface area (Å²) < 4.78 is 34.2. The fourth-order valence-corrected chi connectivity index (χ4v) is 2.90. The second kappa shape index (κ2) is 6.78. The highest BCUT2D eigenvalue weighted by Crippen LogP contribution is 2.35. The van der Waals surface area contributed by atoms with Gasteiger partial charge in [0, 0.05) is 30.3 Å². The molecular weight excluding hydrogens is 318 g/mol. The molecule has 2 rings (SSSR count). The van der Waals surface area contributed by atoms with Crippen molar-refractivity contribution in [1.29, 1.82) is 0 Å². The Morgan fingerprint density at radius 3 is 2.78 bits per heavy atom. The molecule has 2 unspecified atom stereocenters. The third-order valence-electron chi connectivity index (χ3n) is 3.84. The molecule has 0 bridgehead atoms. The van der Waals surface area contributed by atoms with Gasteiger partial charge in [-0.25, -0.2) is 8.42 Å². The standard InChI is InChI=1S/C16H23NO5S/c1-5-21-14-7-12-6-10(2)22-15(12)8-13(14)9-17-16(18)11(3)23(4,19)20/h7-8,10-11H,5-6,9H2,1-4H3,(H,17,18). The number of fused-ring (bicyclic) bond motifs is 1. The van der Waals surface area contributed by atoms with Crippen molar-refractivity contribution in [1.82, 2.24) is 5.32 Å². The van der Waals surface area contributed by atoms with Crippen molar-refractivity contribution in [3.63, 3.8) is 0 Å². The van der Waals surface area contributed by atoms with Crippen molar-refractivity contribution in [2.75, 3.05) is 12.9 Å². The number of amides is 1. The van der Waals surface area contributed by atoms with Gasteiger partial charge in [0.25, 0.3) is 0 Å². The molecule has 0 saturated carbocycles. The summed E-state index contributed by atoms with van der Waals surface area (Å²) in [4.78, 5) is 12.0. The van der Waals surface area contributed by atoms with Crippen molar-refractivity contribution in [2.45, 2.75) is 45.1 Å². The fraction of sp³-hybridized carbons (Fsp3) is 0.562. The van der Waals surface area contributed by atoms with Gasteiger partial charge in [0.15, 0.2) is 9.84 Å². The highest BCUT2D eigenvalue weighted by Gasteiger charge is 2.25. The lowest BCUT2D eigenvalue weighted by molar-refractivity contribution is -0.120. The van der Waals surface area contributed by atoms with Crippen molar-refractivity contribution in [3.8, 4) is 11.5 Å². The van der Waals surface area contributed by atoms with E-state index >= 15 is 0 Å². The third kappa shape index (κ3) is 4.16. The summed E-state index contributed by atoms with van der Waals surface area (Å²) in [6.45, 7) is 5.96. The number of carbonyl (C=O) groups excluding carboxylic acids is 1. The van der Waals surface area contributed by atoms with Gasteiger partial charge in [0.05, 0.1) is 6.61 Å². The number of carbonyl (C=O) groups is 1. The van der Waals surface area contributed by atoms with Gasteiger partial charge in [-0.2, -0.15) is 0 Å². The molecule has 0 radical (unpaired) electrons. The quantitative estimate of drug-likeness (QED) is 0.847. The third-order valence-corrected chi connectivity index (χ3v) is 5.34. The second-order valence-corrected chi connectivity index (χ2v) is 8.19. The van der Waals surface area contributed by atoms with Crippen LogP contribution in [0.5, 0.6) is 11.5 Å². The Kier molecular flexibility index (Phi) is 5.19. The molecule has 1 amide bonds. The molecule has 0 aliphatic carbocycles. The molecule has 0 spiro atoms. The van der Waals surface area contributed by atoms with Gasteiger partial charge in [-0.15, -0.1) is 0 Å². The van der Waals surface area contributed by atoms with E-state index < -0.39 is 21.0 Å². The van der Waals surface area contributed by atoms with Crippen LogP contribution in [0, 0.1) is 0 Å². The molecule has 1 heterocycles. The van der Waals surface area contributed by atoms with Gasteiger partial charge >= 0.3 is 0 Å². The maximum atomic E-state index is 12.0. The van der Waals surface area contributed by atoms with Crippen LogP contribution in [-0.2, 0) is 27.6 Å². The predicted molar refractivity (Wildman–Crippen MR) is 87.6 cm³/mol. The predicted octanol–water partition coefficient (Wildman–Crippen LogP) is 1.46. The molecule has 1 aliphatic rings. The van der Waals surface area contributed by atoms with Crippen molar-refractivity contribution >= 4 is 15.7 Å². The maximum Gasteiger partial charge on any atom is 0.238 e. The SMILES string of the molecule is CCOc1cc2c(cc1CNC(=O)C(C)S(C)(=O)=O)OC(C)C2. The number of sulfone groups is 1. The first kappa shape index (κ1) is 17.6. The Morgan fingerprint density at radius 1 is 1.48 bits per heavy atom. The topological polar surface area (TPSA) is 81.7 Å². The van der Waals surface area contributed by atoms with Crippen LogP contribution < -0.4 is 14.8 Å². The van der Waals surface area contributed by atoms with E-state index in [0.717, 1.165) is 29.6 Å². The first-order valence-electron chi connectivity index (χ1n) is 7.64. The van der Waals surface area contributed by atoms with Crippen LogP contribution in [0.2, 0.25) is 0 Å². The molecule has 7 heteroatoms. The number of nitrogens with one attached hydrogen (secondary N) is 1. The summed E-state index contributed by atoms with van der Waals surface area (Å²) in [6, 6.07) is 3.79. The van der Waals surface area contributed by atoms with Crippen LogP contribution >= 0.6 is 0 Å². The van der Waals surface area contributed by atoms with Crippen LogP contribution in [0.15, 0.2) is 12.1 Å². The first-order chi connectivity index (χ1) is 10.7. The van der Waals surface area contributed by atoms with E-state index in [-0.39, 0.29) is 12.6 Å². The zero-order chi connectivity index (χ0) is 17.2. The maximum absolute atomic E-state index is 12.0. The molecule has 1 aliphatic heterocycles. The lowest BCUT2D eigenvalue weighted by Gasteiger charge is -2.15. The van der Waals surface area contributed by atoms with Crippen LogP contribution in [0.4, 0.5) is 0 Å². The van der Waals surface area contributed by atoms with E-state index in [2.05, 4.69) is 5.32 Å². The molecule has 1 N–H and O–H groups in total. The van der Waals surface area contributed by atoms with E-state index in [1.54, 1.807) is 0 Å². The van der Waals surface area contributed by atoms with Gasteiger partial charge in [-0.05, 0) is 32.9 Å². The highest BCUT2D eigenvalue weighted by atomic mass is 32.2. The fourth-order valence-electron chi connectivity index (χ4n) is 2.43. The Balaban J connectivity index is 2.16. The van der Waals surface area contributed by atoms with Crippen LogP contribution in [-0.4, -0.2) is 38.5 Å². The molecule has 1 aromatic rings. The van der Waals surface area contributed by atoms with Gasteiger partial charge in [0.2, 0.25) is 5.91 Å². The minimum Gasteiger partial charge on any atom is -0.494 e. The van der Waals surface area contributed by atoms with Crippen molar-refractivity contribution in [2.24, 2.45) is 0 Å². The largest absolute Gasteiger partial charge is 0.494 e. The number of hydrogen-bond acceptors (Lipinski definition) is 5. The van der Waals surface area contributed by atoms with E-state index in [9.17, 15) is 13.2 Å². The lowest BCUT2D eigenvalue weighted by Crippen LogP contribution is -2.37. The lowest BCUT2D eigenvalue weighted by atomic mass is 10.1. The first-order valence-corrected chi connectivity index (χ1v) is 9.59. The van der Waals surface area contributed by atoms with E-state index in [1.165, 1.54) is 6.92 Å². The minimum atomic E-state index is -3.41. The van der Waals surface area contributed by atoms with Crippen LogP contribution in [0.1, 0.15) is 31.9 Å². The van der Waals surface area contributed by atoms with E-state index in [0.29, 0.717) is 12.4 Å². The summed E-state index contributed by atoms with van der Waals surface area (Å²) in [5.41, 5.74) is 1.86. The number of rotatable bonds is 6. The summed E-state index contributed by atoms with van der Waals surface area (Å²) in [7, 11) is -3.41. The van der Waals surface area contributed by atoms with Gasteiger partial charge in [-0.1, -0.05) is 0 Å². The molecule has 0 saturated heterocycles. The number of hydrogen-bond donors (Lipinski definition) is 1. The van der Waals surface area contributed by atoms with E-state index in [1.807, 2.05) is 26.0 Å². The molecule has 23 heavy (non-hydrogen) atoms. The average Bonchev–Trinajstić information content (AvgIpc) is 2.82. The van der Waals surface area contributed by atoms with Crippen molar-refractivity contribution < 1.29 is 22.7 Å². The van der Waals surface area contributed by atoms with Gasteiger partial charge in [0.1, 0.15) is 22.9 Å². The molecule has 1 aromatic carbocycles. The molecule has 128 valence electrons. The molecule has 6 nitrogen and oxygen atoms in total. The summed E-state index contributed by atoms with van der Waals surface area (Å²) in [5.74, 6) is 0.961. The van der Waals surface area contributed by atoms with E-state index in [4.69, 9.17) is 9.47 Å². The summed E-state index contributed by atoms with van der Waals surface area (Å²) in [5, 5.41) is 1.57. The Morgan fingerprint density at radius 2 is 2.17 bits per heavy atom.